The summed E-state index contributed by atoms with van der Waals surface area (Å²) in [4.78, 5) is 9.99. The van der Waals surface area contributed by atoms with Crippen molar-refractivity contribution in [2.75, 3.05) is 6.73 Å². The first-order valence-electron chi connectivity index (χ1n) is 2.40. The fraction of sp³-hybridized carbons (Fsp3) is 0.400. The molecule has 1 rings (SSSR count). The summed E-state index contributed by atoms with van der Waals surface area (Å²) >= 11 is 0. The summed E-state index contributed by atoms with van der Waals surface area (Å²) in [5.41, 5.74) is 0. The summed E-state index contributed by atoms with van der Waals surface area (Å²) in [5, 5.41) is 2.79. The SMILES string of the molecule is O=CC1C=COCN1. The molecule has 0 saturated heterocycles. The van der Waals surface area contributed by atoms with Gasteiger partial charge in [-0.1, -0.05) is 0 Å². The molecule has 3 nitrogen and oxygen atoms in total. The Hall–Kier alpha value is -0.830. The van der Waals surface area contributed by atoms with Gasteiger partial charge in [0.25, 0.3) is 0 Å². The summed E-state index contributed by atoms with van der Waals surface area (Å²) in [6.07, 6.45) is 4.02. The number of hydrogen-bond donors (Lipinski definition) is 1. The second kappa shape index (κ2) is 2.47. The highest BCUT2D eigenvalue weighted by molar-refractivity contribution is 5.60. The lowest BCUT2D eigenvalue weighted by molar-refractivity contribution is -0.109. The Bertz CT molecular complexity index is 111. The van der Waals surface area contributed by atoms with Crippen LogP contribution in [0, 0.1) is 0 Å². The lowest BCUT2D eigenvalue weighted by atomic mass is 10.3. The van der Waals surface area contributed by atoms with Crippen LogP contribution in [0.15, 0.2) is 12.3 Å². The number of aldehydes is 1. The Morgan fingerprint density at radius 3 is 3.12 bits per heavy atom. The fourth-order valence-electron chi connectivity index (χ4n) is 0.494. The molecule has 0 amide bonds. The fourth-order valence-corrected chi connectivity index (χ4v) is 0.494. The van der Waals surface area contributed by atoms with Gasteiger partial charge in [0.05, 0.1) is 12.3 Å². The van der Waals surface area contributed by atoms with Crippen molar-refractivity contribution in [3.8, 4) is 0 Å². The zero-order chi connectivity index (χ0) is 5.82. The van der Waals surface area contributed by atoms with Gasteiger partial charge in [-0.2, -0.15) is 0 Å². The third kappa shape index (κ3) is 1.07. The van der Waals surface area contributed by atoms with Crippen molar-refractivity contribution in [2.24, 2.45) is 0 Å². The Morgan fingerprint density at radius 2 is 2.75 bits per heavy atom. The maximum atomic E-state index is 9.99. The van der Waals surface area contributed by atoms with E-state index in [1.54, 1.807) is 6.08 Å². The number of carbonyl (C=O) groups excluding carboxylic acids is 1. The Kier molecular flexibility index (Phi) is 1.64. The van der Waals surface area contributed by atoms with Crippen LogP contribution in [-0.4, -0.2) is 19.1 Å². The van der Waals surface area contributed by atoms with E-state index in [2.05, 4.69) is 5.32 Å². The van der Waals surface area contributed by atoms with Crippen LogP contribution >= 0.6 is 0 Å². The molecule has 0 aromatic rings. The minimum absolute atomic E-state index is 0.149. The summed E-state index contributed by atoms with van der Waals surface area (Å²) < 4.78 is 4.75. The number of nitrogens with one attached hydrogen (secondary N) is 1. The molecular weight excluding hydrogens is 106 g/mol. The molecule has 0 spiro atoms. The Balaban J connectivity index is 2.42. The summed E-state index contributed by atoms with van der Waals surface area (Å²) in [5.74, 6) is 0. The topological polar surface area (TPSA) is 38.3 Å². The molecule has 1 atom stereocenters. The van der Waals surface area contributed by atoms with Crippen LogP contribution in [0.1, 0.15) is 0 Å². The molecule has 1 N–H and O–H groups in total. The zero-order valence-electron chi connectivity index (χ0n) is 4.33. The summed E-state index contributed by atoms with van der Waals surface area (Å²) in [6.45, 7) is 0.430. The summed E-state index contributed by atoms with van der Waals surface area (Å²) in [7, 11) is 0. The second-order valence-corrected chi connectivity index (χ2v) is 1.51. The van der Waals surface area contributed by atoms with Gasteiger partial charge in [-0.15, -0.1) is 0 Å². The van der Waals surface area contributed by atoms with Crippen molar-refractivity contribution in [1.29, 1.82) is 0 Å². The van der Waals surface area contributed by atoms with Crippen molar-refractivity contribution in [3.63, 3.8) is 0 Å². The van der Waals surface area contributed by atoms with E-state index in [-0.39, 0.29) is 6.04 Å². The van der Waals surface area contributed by atoms with Crippen molar-refractivity contribution in [1.82, 2.24) is 5.32 Å². The molecule has 8 heavy (non-hydrogen) atoms. The highest BCUT2D eigenvalue weighted by atomic mass is 16.5. The molecule has 44 valence electrons. The van der Waals surface area contributed by atoms with Gasteiger partial charge in [-0.05, 0) is 6.08 Å². The predicted octanol–water partition coefficient (Wildman–Crippen LogP) is -0.355. The first kappa shape index (κ1) is 5.31. The molecule has 0 aromatic heterocycles. The third-order valence-corrected chi connectivity index (χ3v) is 0.931. The average Bonchev–Trinajstić information content (AvgIpc) is 1.90. The van der Waals surface area contributed by atoms with Crippen molar-refractivity contribution >= 4 is 6.29 Å². The van der Waals surface area contributed by atoms with Crippen LogP contribution in [0.25, 0.3) is 0 Å². The largest absolute Gasteiger partial charge is 0.486 e. The third-order valence-electron chi connectivity index (χ3n) is 0.931. The average molecular weight is 113 g/mol. The van der Waals surface area contributed by atoms with Gasteiger partial charge in [0.15, 0.2) is 0 Å². The van der Waals surface area contributed by atoms with Crippen LogP contribution in [0.2, 0.25) is 0 Å². The zero-order valence-corrected chi connectivity index (χ0v) is 4.33. The van der Waals surface area contributed by atoms with E-state index in [9.17, 15) is 4.79 Å². The minimum Gasteiger partial charge on any atom is -0.486 e. The predicted molar refractivity (Wildman–Crippen MR) is 28.1 cm³/mol. The standard InChI is InChI=1S/C5H7NO2/c7-3-5-1-2-8-4-6-5/h1-3,5-6H,4H2. The van der Waals surface area contributed by atoms with Crippen molar-refractivity contribution in [2.45, 2.75) is 6.04 Å². The molecule has 0 radical (unpaired) electrons. The van der Waals surface area contributed by atoms with Crippen LogP contribution in [0.3, 0.4) is 0 Å². The monoisotopic (exact) mass is 113 g/mol. The Labute approximate surface area is 47.3 Å². The van der Waals surface area contributed by atoms with Gasteiger partial charge in [-0.3, -0.25) is 5.32 Å². The molecule has 1 unspecified atom stereocenters. The Morgan fingerprint density at radius 1 is 1.88 bits per heavy atom. The molecule has 0 aliphatic carbocycles. The lowest BCUT2D eigenvalue weighted by Crippen LogP contribution is -2.32. The van der Waals surface area contributed by atoms with Crippen LogP contribution in [0.4, 0.5) is 0 Å². The first-order chi connectivity index (χ1) is 3.93. The van der Waals surface area contributed by atoms with E-state index in [1.165, 1.54) is 6.26 Å². The number of rotatable bonds is 1. The quantitative estimate of drug-likeness (QED) is 0.472. The van der Waals surface area contributed by atoms with Gasteiger partial charge in [-0.25, -0.2) is 0 Å². The van der Waals surface area contributed by atoms with E-state index in [1.807, 2.05) is 0 Å². The molecule has 1 heterocycles. The van der Waals surface area contributed by atoms with E-state index in [0.29, 0.717) is 6.73 Å². The molecule has 0 bridgehead atoms. The molecule has 1 aliphatic rings. The molecule has 0 aromatic carbocycles. The maximum absolute atomic E-state index is 9.99. The smallest absolute Gasteiger partial charge is 0.141 e. The molecule has 3 heteroatoms. The van der Waals surface area contributed by atoms with Gasteiger partial charge >= 0.3 is 0 Å². The molecule has 1 aliphatic heterocycles. The van der Waals surface area contributed by atoms with Crippen LogP contribution < -0.4 is 5.32 Å². The number of carbonyl (C=O) groups is 1. The summed E-state index contributed by atoms with van der Waals surface area (Å²) in [6, 6.07) is -0.149. The molecule has 0 saturated carbocycles. The first-order valence-corrected chi connectivity index (χ1v) is 2.40. The van der Waals surface area contributed by atoms with Gasteiger partial charge in [0.1, 0.15) is 13.0 Å². The number of hydrogen-bond acceptors (Lipinski definition) is 3. The highest BCUT2D eigenvalue weighted by Crippen LogP contribution is 1.89. The highest BCUT2D eigenvalue weighted by Gasteiger charge is 2.03. The van der Waals surface area contributed by atoms with E-state index in [0.717, 1.165) is 6.29 Å². The van der Waals surface area contributed by atoms with Crippen molar-refractivity contribution < 1.29 is 9.53 Å². The van der Waals surface area contributed by atoms with Crippen LogP contribution in [-0.2, 0) is 9.53 Å². The minimum atomic E-state index is -0.149. The second-order valence-electron chi connectivity index (χ2n) is 1.51. The van der Waals surface area contributed by atoms with E-state index >= 15 is 0 Å². The molecule has 0 fully saturated rings. The van der Waals surface area contributed by atoms with E-state index < -0.39 is 0 Å². The van der Waals surface area contributed by atoms with Crippen LogP contribution in [0.5, 0.6) is 0 Å². The maximum Gasteiger partial charge on any atom is 0.141 e. The van der Waals surface area contributed by atoms with Gasteiger partial charge in [0, 0.05) is 0 Å². The normalized spacial score (nSPS) is 26.8. The molecular formula is C5H7NO2. The lowest BCUT2D eigenvalue weighted by Gasteiger charge is -2.11. The van der Waals surface area contributed by atoms with E-state index in [4.69, 9.17) is 4.74 Å². The van der Waals surface area contributed by atoms with Gasteiger partial charge < -0.3 is 9.53 Å². The number of ether oxygens (including phenoxy) is 1. The van der Waals surface area contributed by atoms with Gasteiger partial charge in [0.2, 0.25) is 0 Å². The van der Waals surface area contributed by atoms with Crippen molar-refractivity contribution in [3.05, 3.63) is 12.3 Å².